The van der Waals surface area contributed by atoms with Gasteiger partial charge in [0, 0.05) is 22.8 Å². The van der Waals surface area contributed by atoms with Crippen LogP contribution in [0.3, 0.4) is 0 Å². The number of hydrogen-bond acceptors (Lipinski definition) is 6. The Morgan fingerprint density at radius 3 is 2.32 bits per heavy atom. The fourth-order valence-electron chi connectivity index (χ4n) is 4.35. The lowest BCUT2D eigenvalue weighted by molar-refractivity contribution is 0.0835. The third-order valence-corrected chi connectivity index (χ3v) is 6.09. The lowest BCUT2D eigenvalue weighted by Crippen LogP contribution is -2.30. The molecular formula is C28H32O6. The fourth-order valence-corrected chi connectivity index (χ4v) is 4.35. The van der Waals surface area contributed by atoms with Crippen molar-refractivity contribution in [3.63, 3.8) is 0 Å². The molecule has 0 saturated heterocycles. The molecule has 4 rings (SSSR count). The molecule has 2 aromatic rings. The van der Waals surface area contributed by atoms with Gasteiger partial charge in [0.15, 0.2) is 17.3 Å². The highest BCUT2D eigenvalue weighted by Crippen LogP contribution is 2.52. The van der Waals surface area contributed by atoms with Gasteiger partial charge in [-0.2, -0.15) is 0 Å². The molecule has 2 heterocycles. The number of ketones is 1. The summed E-state index contributed by atoms with van der Waals surface area (Å²) in [6, 6.07) is 5.55. The maximum Gasteiger partial charge on any atom is 0.176 e. The first kappa shape index (κ1) is 23.7. The predicted molar refractivity (Wildman–Crippen MR) is 132 cm³/mol. The van der Waals surface area contributed by atoms with Gasteiger partial charge in [-0.3, -0.25) is 4.79 Å². The second-order valence-corrected chi connectivity index (χ2v) is 9.36. The summed E-state index contributed by atoms with van der Waals surface area (Å²) in [5.41, 5.74) is 3.70. The van der Waals surface area contributed by atoms with E-state index in [0.29, 0.717) is 40.7 Å². The van der Waals surface area contributed by atoms with Crippen LogP contribution in [0.15, 0.2) is 35.9 Å². The van der Waals surface area contributed by atoms with E-state index in [1.807, 2.05) is 38.1 Å². The van der Waals surface area contributed by atoms with Gasteiger partial charge in [-0.05, 0) is 52.3 Å². The molecule has 6 nitrogen and oxygen atoms in total. The van der Waals surface area contributed by atoms with Crippen molar-refractivity contribution in [2.75, 3.05) is 21.3 Å². The van der Waals surface area contributed by atoms with Crippen LogP contribution in [0.5, 0.6) is 28.7 Å². The van der Waals surface area contributed by atoms with E-state index in [1.165, 1.54) is 5.57 Å². The molecule has 0 aromatic heterocycles. The molecule has 0 fully saturated rings. The highest BCUT2D eigenvalue weighted by Gasteiger charge is 2.38. The molecule has 0 spiro atoms. The topological polar surface area (TPSA) is 63.2 Å². The Morgan fingerprint density at radius 2 is 1.74 bits per heavy atom. The van der Waals surface area contributed by atoms with Crippen molar-refractivity contribution in [3.8, 4) is 28.7 Å². The smallest absolute Gasteiger partial charge is 0.176 e. The average molecular weight is 465 g/mol. The minimum Gasteiger partial charge on any atom is -0.497 e. The largest absolute Gasteiger partial charge is 0.497 e. The summed E-state index contributed by atoms with van der Waals surface area (Å²) >= 11 is 0. The number of allylic oxidation sites excluding steroid dienone is 2. The van der Waals surface area contributed by atoms with Gasteiger partial charge in [0.05, 0.1) is 27.8 Å². The summed E-state index contributed by atoms with van der Waals surface area (Å²) in [4.78, 5) is 13.6. The zero-order valence-electron chi connectivity index (χ0n) is 20.9. The molecule has 0 bridgehead atoms. The van der Waals surface area contributed by atoms with E-state index < -0.39 is 11.7 Å². The Hall–Kier alpha value is -3.41. The van der Waals surface area contributed by atoms with Crippen molar-refractivity contribution in [2.45, 2.75) is 52.2 Å². The van der Waals surface area contributed by atoms with E-state index in [2.05, 4.69) is 19.9 Å². The molecule has 0 saturated carbocycles. The summed E-state index contributed by atoms with van der Waals surface area (Å²) in [6.07, 6.45) is 6.47. The highest BCUT2D eigenvalue weighted by molar-refractivity contribution is 6.05. The number of carbonyl (C=O) groups excluding carboxylic acids is 1. The third-order valence-electron chi connectivity index (χ3n) is 6.09. The van der Waals surface area contributed by atoms with Crippen molar-refractivity contribution in [2.24, 2.45) is 0 Å². The van der Waals surface area contributed by atoms with Gasteiger partial charge < -0.3 is 23.7 Å². The Bertz CT molecular complexity index is 1160. The van der Waals surface area contributed by atoms with Crippen LogP contribution < -0.4 is 23.7 Å². The maximum atomic E-state index is 13.6. The standard InChI is InChI=1S/C28H32O6/c1-16(2)8-9-20-21-10-11-28(3,4)34-26(21)27(32-7)24-22(29)15-23(33-25(20)24)17-12-18(30-5)14-19(13-17)31-6/h8,10-14,23H,9,15H2,1-7H3/t23-/m0/s1. The number of Topliss-reactive ketones (excluding diaryl/α,β-unsaturated/α-hetero) is 1. The lowest BCUT2D eigenvalue weighted by atomic mass is 9.87. The minimum absolute atomic E-state index is 0.0536. The van der Waals surface area contributed by atoms with E-state index in [4.69, 9.17) is 23.7 Å². The molecular weight excluding hydrogens is 432 g/mol. The fraction of sp³-hybridized carbons (Fsp3) is 0.393. The molecule has 180 valence electrons. The van der Waals surface area contributed by atoms with E-state index in [1.54, 1.807) is 27.4 Å². The molecule has 2 aliphatic heterocycles. The Balaban J connectivity index is 1.91. The Kier molecular flexibility index (Phi) is 6.34. The van der Waals surface area contributed by atoms with Crippen molar-refractivity contribution in [1.82, 2.24) is 0 Å². The molecule has 0 unspecified atom stereocenters. The van der Waals surface area contributed by atoms with Gasteiger partial charge in [-0.1, -0.05) is 17.7 Å². The summed E-state index contributed by atoms with van der Waals surface area (Å²) in [6.45, 7) is 8.06. The van der Waals surface area contributed by atoms with E-state index in [0.717, 1.165) is 16.7 Å². The zero-order valence-corrected chi connectivity index (χ0v) is 20.9. The average Bonchev–Trinajstić information content (AvgIpc) is 2.80. The quantitative estimate of drug-likeness (QED) is 0.481. The molecule has 6 heteroatoms. The minimum atomic E-state index is -0.513. The molecule has 2 aromatic carbocycles. The summed E-state index contributed by atoms with van der Waals surface area (Å²) in [5, 5.41) is 0. The molecule has 0 radical (unpaired) electrons. The second kappa shape index (κ2) is 9.09. The molecule has 34 heavy (non-hydrogen) atoms. The summed E-state index contributed by atoms with van der Waals surface area (Å²) in [7, 11) is 4.76. The van der Waals surface area contributed by atoms with Crippen molar-refractivity contribution in [3.05, 3.63) is 58.2 Å². The number of fused-ring (bicyclic) bond motifs is 2. The molecule has 1 atom stereocenters. The lowest BCUT2D eigenvalue weighted by Gasteiger charge is -2.35. The summed E-state index contributed by atoms with van der Waals surface area (Å²) in [5.74, 6) is 2.79. The summed E-state index contributed by atoms with van der Waals surface area (Å²) < 4.78 is 29.5. The molecule has 0 amide bonds. The number of hydrogen-bond donors (Lipinski definition) is 0. The normalized spacial score (nSPS) is 17.6. The number of carbonyl (C=O) groups is 1. The first-order valence-corrected chi connectivity index (χ1v) is 11.4. The monoisotopic (exact) mass is 464 g/mol. The number of methoxy groups -OCH3 is 3. The number of benzene rings is 2. The first-order valence-electron chi connectivity index (χ1n) is 11.4. The van der Waals surface area contributed by atoms with Crippen LogP contribution in [0.25, 0.3) is 6.08 Å². The predicted octanol–water partition coefficient (Wildman–Crippen LogP) is 6.11. The van der Waals surface area contributed by atoms with Gasteiger partial charge >= 0.3 is 0 Å². The number of rotatable bonds is 6. The van der Waals surface area contributed by atoms with Crippen LogP contribution in [0.4, 0.5) is 0 Å². The van der Waals surface area contributed by atoms with Crippen LogP contribution in [-0.4, -0.2) is 32.7 Å². The van der Waals surface area contributed by atoms with E-state index >= 15 is 0 Å². The maximum absolute atomic E-state index is 13.6. The van der Waals surface area contributed by atoms with Crippen LogP contribution in [0.1, 0.15) is 67.3 Å². The van der Waals surface area contributed by atoms with Gasteiger partial charge in [0.1, 0.15) is 34.5 Å². The van der Waals surface area contributed by atoms with Crippen LogP contribution in [0, 0.1) is 0 Å². The third kappa shape index (κ3) is 4.37. The number of ether oxygens (including phenoxy) is 5. The van der Waals surface area contributed by atoms with E-state index in [9.17, 15) is 4.79 Å². The van der Waals surface area contributed by atoms with Crippen molar-refractivity contribution < 1.29 is 28.5 Å². The highest BCUT2D eigenvalue weighted by atomic mass is 16.5. The van der Waals surface area contributed by atoms with Crippen LogP contribution in [-0.2, 0) is 6.42 Å². The molecule has 0 N–H and O–H groups in total. The molecule has 2 aliphatic rings. The molecule has 0 aliphatic carbocycles. The van der Waals surface area contributed by atoms with Gasteiger partial charge in [0.25, 0.3) is 0 Å². The van der Waals surface area contributed by atoms with Crippen molar-refractivity contribution >= 4 is 11.9 Å². The van der Waals surface area contributed by atoms with Gasteiger partial charge in [-0.15, -0.1) is 0 Å². The van der Waals surface area contributed by atoms with Gasteiger partial charge in [-0.25, -0.2) is 0 Å². The van der Waals surface area contributed by atoms with Crippen LogP contribution >= 0.6 is 0 Å². The zero-order chi connectivity index (χ0) is 24.6. The van der Waals surface area contributed by atoms with Crippen molar-refractivity contribution in [1.29, 1.82) is 0 Å². The SMILES string of the molecule is COc1cc(OC)cc([C@@H]2CC(=O)c3c(c(CC=C(C)C)c4c(c3OC)OC(C)(C)C=C4)O2)c1. The van der Waals surface area contributed by atoms with Crippen LogP contribution in [0.2, 0.25) is 0 Å². The van der Waals surface area contributed by atoms with E-state index in [-0.39, 0.29) is 12.2 Å². The Labute approximate surface area is 201 Å². The Morgan fingerprint density at radius 1 is 1.06 bits per heavy atom. The first-order chi connectivity index (χ1) is 16.2. The second-order valence-electron chi connectivity index (χ2n) is 9.36. The van der Waals surface area contributed by atoms with Gasteiger partial charge in [0.2, 0.25) is 0 Å².